The van der Waals surface area contributed by atoms with Crippen molar-refractivity contribution in [3.8, 4) is 12.3 Å². The monoisotopic (exact) mass is 161 g/mol. The van der Waals surface area contributed by atoms with Gasteiger partial charge in [-0.2, -0.15) is 5.10 Å². The van der Waals surface area contributed by atoms with Crippen LogP contribution in [-0.2, 0) is 6.54 Å². The summed E-state index contributed by atoms with van der Waals surface area (Å²) in [6, 6.07) is 1.93. The van der Waals surface area contributed by atoms with Crippen molar-refractivity contribution in [2.45, 2.75) is 25.3 Å². The van der Waals surface area contributed by atoms with Crippen LogP contribution in [0.3, 0.4) is 0 Å². The fourth-order valence-electron chi connectivity index (χ4n) is 1.24. The van der Waals surface area contributed by atoms with E-state index < -0.39 is 0 Å². The molecule has 0 saturated heterocycles. The van der Waals surface area contributed by atoms with E-state index in [9.17, 15) is 0 Å². The zero-order valence-corrected chi connectivity index (χ0v) is 6.83. The van der Waals surface area contributed by atoms with Crippen molar-refractivity contribution < 1.29 is 0 Å². The Hall–Kier alpha value is -1.43. The zero-order valence-electron chi connectivity index (χ0n) is 6.83. The Kier molecular flexibility index (Phi) is 1.54. The molecule has 1 saturated carbocycles. The summed E-state index contributed by atoms with van der Waals surface area (Å²) in [5.41, 5.74) is 6.80. The van der Waals surface area contributed by atoms with Gasteiger partial charge in [0.1, 0.15) is 12.4 Å². The van der Waals surface area contributed by atoms with Gasteiger partial charge in [-0.25, -0.2) is 4.68 Å². The van der Waals surface area contributed by atoms with Gasteiger partial charge in [-0.3, -0.25) is 0 Å². The van der Waals surface area contributed by atoms with Crippen molar-refractivity contribution in [3.05, 3.63) is 11.8 Å². The third-order valence-electron chi connectivity index (χ3n) is 2.07. The average molecular weight is 161 g/mol. The molecule has 1 fully saturated rings. The summed E-state index contributed by atoms with van der Waals surface area (Å²) in [4.78, 5) is 0. The van der Waals surface area contributed by atoms with Crippen LogP contribution >= 0.6 is 0 Å². The highest BCUT2D eigenvalue weighted by Gasteiger charge is 2.26. The van der Waals surface area contributed by atoms with Gasteiger partial charge in [0.2, 0.25) is 0 Å². The van der Waals surface area contributed by atoms with E-state index in [1.807, 2.05) is 6.07 Å². The second-order valence-corrected chi connectivity index (χ2v) is 3.13. The number of hydrogen-bond acceptors (Lipinski definition) is 2. The number of nitrogen functional groups attached to an aromatic ring is 1. The number of rotatable bonds is 2. The van der Waals surface area contributed by atoms with Crippen molar-refractivity contribution in [3.63, 3.8) is 0 Å². The summed E-state index contributed by atoms with van der Waals surface area (Å²) < 4.78 is 1.67. The first kappa shape index (κ1) is 7.23. The molecule has 3 nitrogen and oxygen atoms in total. The number of hydrogen-bond donors (Lipinski definition) is 1. The minimum absolute atomic E-state index is 0.471. The molecule has 0 aliphatic heterocycles. The van der Waals surface area contributed by atoms with Crippen molar-refractivity contribution in [2.24, 2.45) is 0 Å². The van der Waals surface area contributed by atoms with Gasteiger partial charge in [0.25, 0.3) is 0 Å². The molecule has 1 aliphatic carbocycles. The quantitative estimate of drug-likeness (QED) is 0.657. The van der Waals surface area contributed by atoms with Crippen LogP contribution in [0.5, 0.6) is 0 Å². The van der Waals surface area contributed by atoms with E-state index >= 15 is 0 Å². The third-order valence-corrected chi connectivity index (χ3v) is 2.07. The minimum Gasteiger partial charge on any atom is -0.384 e. The maximum absolute atomic E-state index is 5.70. The molecule has 0 radical (unpaired) electrons. The second kappa shape index (κ2) is 2.56. The van der Waals surface area contributed by atoms with Crippen LogP contribution in [0.25, 0.3) is 0 Å². The topological polar surface area (TPSA) is 43.8 Å². The molecule has 1 aromatic rings. The Morgan fingerprint density at radius 3 is 3.08 bits per heavy atom. The second-order valence-electron chi connectivity index (χ2n) is 3.13. The van der Waals surface area contributed by atoms with Gasteiger partial charge in [0, 0.05) is 12.0 Å². The largest absolute Gasteiger partial charge is 0.384 e. The molecule has 3 heteroatoms. The van der Waals surface area contributed by atoms with E-state index in [2.05, 4.69) is 11.0 Å². The van der Waals surface area contributed by atoms with Crippen LogP contribution < -0.4 is 5.73 Å². The molecule has 1 aromatic heterocycles. The molecule has 0 amide bonds. The van der Waals surface area contributed by atoms with E-state index in [0.717, 1.165) is 5.69 Å². The highest BCUT2D eigenvalue weighted by Crippen LogP contribution is 2.39. The van der Waals surface area contributed by atoms with Gasteiger partial charge in [-0.15, -0.1) is 6.42 Å². The van der Waals surface area contributed by atoms with Crippen LogP contribution in [0, 0.1) is 12.3 Å². The molecule has 0 atom stereocenters. The van der Waals surface area contributed by atoms with Crippen molar-refractivity contribution in [1.82, 2.24) is 9.78 Å². The number of aromatic nitrogens is 2. The molecule has 0 spiro atoms. The summed E-state index contributed by atoms with van der Waals surface area (Å²) in [5, 5.41) is 4.31. The molecule has 0 bridgehead atoms. The molecule has 0 unspecified atom stereocenters. The maximum atomic E-state index is 5.70. The van der Waals surface area contributed by atoms with Crippen LogP contribution in [0.15, 0.2) is 6.07 Å². The van der Waals surface area contributed by atoms with Crippen LogP contribution in [-0.4, -0.2) is 9.78 Å². The van der Waals surface area contributed by atoms with E-state index in [1.54, 1.807) is 4.68 Å². The Morgan fingerprint density at radius 2 is 2.50 bits per heavy atom. The molecule has 2 rings (SSSR count). The summed E-state index contributed by atoms with van der Waals surface area (Å²) in [7, 11) is 0. The lowest BCUT2D eigenvalue weighted by molar-refractivity contribution is 0.707. The van der Waals surface area contributed by atoms with Crippen LogP contribution in [0.2, 0.25) is 0 Å². The first-order chi connectivity index (χ1) is 5.81. The molecule has 1 heterocycles. The van der Waals surface area contributed by atoms with E-state index in [1.165, 1.54) is 12.8 Å². The average Bonchev–Trinajstić information content (AvgIpc) is 2.80. The molecule has 62 valence electrons. The van der Waals surface area contributed by atoms with Crippen molar-refractivity contribution in [2.75, 3.05) is 5.73 Å². The molecular weight excluding hydrogens is 150 g/mol. The van der Waals surface area contributed by atoms with Gasteiger partial charge in [-0.05, 0) is 12.8 Å². The molecule has 2 N–H and O–H groups in total. The van der Waals surface area contributed by atoms with E-state index in [-0.39, 0.29) is 0 Å². The lowest BCUT2D eigenvalue weighted by Crippen LogP contribution is -2.02. The zero-order chi connectivity index (χ0) is 8.55. The van der Waals surface area contributed by atoms with Gasteiger partial charge < -0.3 is 5.73 Å². The van der Waals surface area contributed by atoms with E-state index in [4.69, 9.17) is 12.2 Å². The predicted molar refractivity (Wildman–Crippen MR) is 47.4 cm³/mol. The lowest BCUT2D eigenvalue weighted by atomic mass is 10.3. The highest BCUT2D eigenvalue weighted by molar-refractivity contribution is 5.34. The van der Waals surface area contributed by atoms with Gasteiger partial charge >= 0.3 is 0 Å². The minimum atomic E-state index is 0.471. The molecule has 12 heavy (non-hydrogen) atoms. The van der Waals surface area contributed by atoms with Crippen molar-refractivity contribution in [1.29, 1.82) is 0 Å². The van der Waals surface area contributed by atoms with E-state index in [0.29, 0.717) is 18.3 Å². The van der Waals surface area contributed by atoms with Crippen molar-refractivity contribution >= 4 is 5.82 Å². The Balaban J connectivity index is 2.25. The number of anilines is 1. The maximum Gasteiger partial charge on any atom is 0.123 e. The molecular formula is C9H11N3. The summed E-state index contributed by atoms with van der Waals surface area (Å²) in [5.74, 6) is 3.84. The number of nitrogens with zero attached hydrogens (tertiary/aromatic N) is 2. The summed E-state index contributed by atoms with van der Waals surface area (Å²) >= 11 is 0. The van der Waals surface area contributed by atoms with Gasteiger partial charge in [0.05, 0.1) is 5.69 Å². The smallest absolute Gasteiger partial charge is 0.123 e. The van der Waals surface area contributed by atoms with Crippen LogP contribution in [0.4, 0.5) is 5.82 Å². The normalized spacial score (nSPS) is 15.9. The first-order valence-corrected chi connectivity index (χ1v) is 4.08. The number of nitrogens with two attached hydrogens (primary N) is 1. The first-order valence-electron chi connectivity index (χ1n) is 4.08. The Bertz CT molecular complexity index is 328. The highest BCUT2D eigenvalue weighted by atomic mass is 15.3. The SMILES string of the molecule is C#CCn1nc(C2CC2)cc1N. The fraction of sp³-hybridized carbons (Fsp3) is 0.444. The Morgan fingerprint density at radius 1 is 1.75 bits per heavy atom. The predicted octanol–water partition coefficient (Wildman–Crippen LogP) is 0.976. The molecule has 1 aliphatic rings. The van der Waals surface area contributed by atoms with Gasteiger partial charge in [-0.1, -0.05) is 5.92 Å². The third kappa shape index (κ3) is 1.16. The number of terminal acetylenes is 1. The summed E-state index contributed by atoms with van der Waals surface area (Å²) in [6.07, 6.45) is 7.65. The lowest BCUT2D eigenvalue weighted by Gasteiger charge is -1.95. The molecule has 0 aromatic carbocycles. The fourth-order valence-corrected chi connectivity index (χ4v) is 1.24. The van der Waals surface area contributed by atoms with Crippen LogP contribution in [0.1, 0.15) is 24.5 Å². The standard InChI is InChI=1S/C9H11N3/c1-2-5-12-9(10)6-8(11-12)7-3-4-7/h1,6-7H,3-5,10H2. The summed E-state index contributed by atoms with van der Waals surface area (Å²) in [6.45, 7) is 0.471. The Labute approximate surface area is 71.6 Å². The van der Waals surface area contributed by atoms with Gasteiger partial charge in [0.15, 0.2) is 0 Å².